The molecule has 4 rings (SSSR count). The third kappa shape index (κ3) is 5.64. The zero-order chi connectivity index (χ0) is 29.5. The minimum atomic E-state index is -4.08. The number of carbonyl (C=O) groups excluding carboxylic acids is 1. The predicted molar refractivity (Wildman–Crippen MR) is 150 cm³/mol. The molecule has 2 aromatic rings. The molecule has 1 amide bonds. The first kappa shape index (κ1) is 29.4. The Kier molecular flexibility index (Phi) is 7.89. The summed E-state index contributed by atoms with van der Waals surface area (Å²) in [7, 11) is -2.78. The van der Waals surface area contributed by atoms with E-state index in [-0.39, 0.29) is 19.0 Å². The monoisotopic (exact) mass is 593 g/mol. The van der Waals surface area contributed by atoms with Crippen molar-refractivity contribution in [2.75, 3.05) is 19.0 Å². The smallest absolute Gasteiger partial charge is 0.437 e. The molecule has 0 saturated heterocycles. The van der Waals surface area contributed by atoms with Gasteiger partial charge in [-0.05, 0) is 58.0 Å². The Bertz CT molecular complexity index is 1430. The molecule has 216 valence electrons. The lowest BCUT2D eigenvalue weighted by atomic mass is 9.87. The van der Waals surface area contributed by atoms with Crippen LogP contribution in [0.2, 0.25) is 5.02 Å². The summed E-state index contributed by atoms with van der Waals surface area (Å²) in [5, 5.41) is 17.4. The Hall–Kier alpha value is -3.62. The van der Waals surface area contributed by atoms with Gasteiger partial charge in [-0.25, -0.2) is 28.0 Å². The minimum Gasteiger partial charge on any atom is -0.493 e. The minimum absolute atomic E-state index is 0.123. The van der Waals surface area contributed by atoms with Crippen LogP contribution < -0.4 is 15.6 Å². The van der Waals surface area contributed by atoms with E-state index in [9.17, 15) is 18.3 Å². The van der Waals surface area contributed by atoms with Gasteiger partial charge in [0.15, 0.2) is 6.23 Å². The number of guanidine groups is 1. The number of aliphatic hydroxyl groups excluding tert-OH is 1. The zero-order valence-corrected chi connectivity index (χ0v) is 24.3. The van der Waals surface area contributed by atoms with Crippen molar-refractivity contribution >= 4 is 46.1 Å². The summed E-state index contributed by atoms with van der Waals surface area (Å²) < 4.78 is 40.1. The van der Waals surface area contributed by atoms with E-state index in [4.69, 9.17) is 26.1 Å². The molecular weight excluding hydrogens is 562 g/mol. The fourth-order valence-corrected chi connectivity index (χ4v) is 6.54. The first-order valence-corrected chi connectivity index (χ1v) is 14.2. The molecule has 2 aliphatic rings. The number of pyridine rings is 1. The normalized spacial score (nSPS) is 22.3. The molecule has 2 aliphatic heterocycles. The summed E-state index contributed by atoms with van der Waals surface area (Å²) in [4.78, 5) is 22.0. The lowest BCUT2D eigenvalue weighted by molar-refractivity contribution is 0.0281. The molecule has 15 heteroatoms. The largest absolute Gasteiger partial charge is 0.493 e. The number of nitrogens with one attached hydrogen (secondary N) is 2. The lowest BCUT2D eigenvalue weighted by Gasteiger charge is -2.43. The number of hydrazone groups is 1. The summed E-state index contributed by atoms with van der Waals surface area (Å²) in [5.74, 6) is 0.146. The van der Waals surface area contributed by atoms with E-state index in [1.165, 1.54) is 13.2 Å². The van der Waals surface area contributed by atoms with Crippen LogP contribution in [-0.4, -0.2) is 71.1 Å². The number of hydrazine groups is 1. The van der Waals surface area contributed by atoms with Gasteiger partial charge in [0.25, 0.3) is 0 Å². The second-order valence-electron chi connectivity index (χ2n) is 10.4. The maximum Gasteiger partial charge on any atom is 0.437 e. The van der Waals surface area contributed by atoms with Gasteiger partial charge in [-0.15, -0.1) is 5.01 Å². The fraction of sp³-hybridized carbons (Fsp3) is 0.440. The molecule has 0 fully saturated rings. The van der Waals surface area contributed by atoms with E-state index < -0.39 is 38.7 Å². The number of hydrogen-bond acceptors (Lipinski definition) is 11. The van der Waals surface area contributed by atoms with Crippen LogP contribution in [-0.2, 0) is 20.3 Å². The van der Waals surface area contributed by atoms with E-state index in [1.54, 1.807) is 58.0 Å². The van der Waals surface area contributed by atoms with Crippen molar-refractivity contribution in [1.29, 1.82) is 0 Å². The van der Waals surface area contributed by atoms with Crippen molar-refractivity contribution in [1.82, 2.24) is 19.8 Å². The highest BCUT2D eigenvalue weighted by atomic mass is 35.5. The summed E-state index contributed by atoms with van der Waals surface area (Å²) in [6.07, 6.45) is -0.562. The summed E-state index contributed by atoms with van der Waals surface area (Å²) in [6.45, 7) is 10.2. The molecule has 0 spiro atoms. The van der Waals surface area contributed by atoms with Crippen molar-refractivity contribution in [2.24, 2.45) is 10.1 Å². The number of ether oxygens (including phenoxy) is 2. The van der Waals surface area contributed by atoms with Gasteiger partial charge in [-0.2, -0.15) is 5.10 Å². The average Bonchev–Trinajstić information content (AvgIpc) is 3.01. The number of amides is 1. The molecule has 0 radical (unpaired) electrons. The standard InChI is InChI=1S/C25H32ClN7O6S/c1-24(2,3)39-23(35)33(31-27-5)22-30-25(4)17-13-16(29-21(34)18-9-7-15(26)14-28-18)8-10-19(17)38-12-11-20(25)40(36,37)32(22)6/h7-10,13-14,20-21,29,31,34H,5,11-12H2,1-4,6H3/t20-,21?,25-/m1/s1. The number of fused-ring (bicyclic) bond motifs is 3. The number of rotatable bonds is 5. The average molecular weight is 594 g/mol. The number of aliphatic imine (C=N–C) groups is 1. The number of hydrogen-bond donors (Lipinski definition) is 3. The Balaban J connectivity index is 1.82. The maximum atomic E-state index is 13.9. The van der Waals surface area contributed by atoms with Gasteiger partial charge >= 0.3 is 6.09 Å². The molecule has 1 aromatic heterocycles. The van der Waals surface area contributed by atoms with E-state index in [2.05, 4.69) is 27.7 Å². The molecule has 1 aromatic carbocycles. The van der Waals surface area contributed by atoms with Gasteiger partial charge in [0.05, 0.1) is 17.3 Å². The molecule has 3 heterocycles. The van der Waals surface area contributed by atoms with Crippen LogP contribution in [0.4, 0.5) is 10.5 Å². The van der Waals surface area contributed by atoms with Crippen LogP contribution >= 0.6 is 11.6 Å². The Morgan fingerprint density at radius 2 is 2.10 bits per heavy atom. The topological polar surface area (TPSA) is 158 Å². The molecular formula is C25H32ClN7O6S. The van der Waals surface area contributed by atoms with Crippen LogP contribution in [0.1, 0.15) is 51.6 Å². The summed E-state index contributed by atoms with van der Waals surface area (Å²) in [5.41, 5.74) is 1.31. The van der Waals surface area contributed by atoms with E-state index >= 15 is 0 Å². The fourth-order valence-electron chi connectivity index (χ4n) is 4.54. The van der Waals surface area contributed by atoms with Gasteiger partial charge in [0, 0.05) is 37.6 Å². The van der Waals surface area contributed by atoms with Gasteiger partial charge in [0.2, 0.25) is 16.0 Å². The van der Waals surface area contributed by atoms with Crippen LogP contribution in [0.25, 0.3) is 0 Å². The molecule has 3 N–H and O–H groups in total. The van der Waals surface area contributed by atoms with Gasteiger partial charge in [-0.1, -0.05) is 11.6 Å². The highest BCUT2D eigenvalue weighted by Crippen LogP contribution is 2.46. The first-order valence-electron chi connectivity index (χ1n) is 12.3. The highest BCUT2D eigenvalue weighted by Gasteiger charge is 2.54. The predicted octanol–water partition coefficient (Wildman–Crippen LogP) is 3.19. The zero-order valence-electron chi connectivity index (χ0n) is 22.8. The van der Waals surface area contributed by atoms with Crippen LogP contribution in [0.5, 0.6) is 5.75 Å². The molecule has 0 aliphatic carbocycles. The Morgan fingerprint density at radius 1 is 1.38 bits per heavy atom. The maximum absolute atomic E-state index is 13.9. The molecule has 0 bridgehead atoms. The van der Waals surface area contributed by atoms with Crippen LogP contribution in [0, 0.1) is 0 Å². The third-order valence-electron chi connectivity index (χ3n) is 6.43. The quantitative estimate of drug-likeness (QED) is 0.269. The molecule has 13 nitrogen and oxygen atoms in total. The van der Waals surface area contributed by atoms with Gasteiger partial charge in [-0.3, -0.25) is 4.98 Å². The van der Waals surface area contributed by atoms with Gasteiger partial charge < -0.3 is 19.9 Å². The van der Waals surface area contributed by atoms with E-state index in [0.717, 1.165) is 9.31 Å². The van der Waals surface area contributed by atoms with Crippen molar-refractivity contribution in [3.05, 3.63) is 52.8 Å². The molecule has 0 saturated carbocycles. The van der Waals surface area contributed by atoms with Crippen molar-refractivity contribution in [2.45, 2.75) is 56.7 Å². The second kappa shape index (κ2) is 10.7. The number of aromatic nitrogens is 1. The Morgan fingerprint density at radius 3 is 2.73 bits per heavy atom. The van der Waals surface area contributed by atoms with Crippen LogP contribution in [0.3, 0.4) is 0 Å². The first-order chi connectivity index (χ1) is 18.7. The molecule has 3 atom stereocenters. The number of nitrogens with zero attached hydrogens (tertiary/aromatic N) is 5. The molecule has 40 heavy (non-hydrogen) atoms. The van der Waals surface area contributed by atoms with Crippen LogP contribution in [0.15, 0.2) is 46.6 Å². The number of sulfonamides is 1. The summed E-state index contributed by atoms with van der Waals surface area (Å²) in [6, 6.07) is 8.20. The molecule has 1 unspecified atom stereocenters. The van der Waals surface area contributed by atoms with Crippen molar-refractivity contribution in [3.63, 3.8) is 0 Å². The Labute approximate surface area is 237 Å². The van der Waals surface area contributed by atoms with E-state index in [1.807, 2.05) is 0 Å². The number of carbonyl (C=O) groups is 1. The van der Waals surface area contributed by atoms with Crippen molar-refractivity contribution in [3.8, 4) is 5.75 Å². The number of anilines is 1. The number of halogens is 1. The lowest BCUT2D eigenvalue weighted by Crippen LogP contribution is -2.61. The third-order valence-corrected chi connectivity index (χ3v) is 8.99. The second-order valence-corrected chi connectivity index (χ2v) is 13.0. The van der Waals surface area contributed by atoms with E-state index in [0.29, 0.717) is 27.7 Å². The number of benzene rings is 1. The highest BCUT2D eigenvalue weighted by molar-refractivity contribution is 7.90. The number of aliphatic hydroxyl groups is 1. The SMILES string of the molecule is C=NNN(C(=O)OC(C)(C)C)C1=N[C@]2(C)c3cc(NC(O)c4ccc(Cl)cn4)ccc3OCC[C@H]2S(=O)(=O)N1C. The van der Waals surface area contributed by atoms with Gasteiger partial charge in [0.1, 0.15) is 22.1 Å². The van der Waals surface area contributed by atoms with Crippen molar-refractivity contribution < 1.29 is 27.8 Å². The summed E-state index contributed by atoms with van der Waals surface area (Å²) >= 11 is 5.90.